The molecular formula is C24H24N4. The van der Waals surface area contributed by atoms with Crippen LogP contribution in [-0.4, -0.2) is 27.7 Å². The number of hydrogen-bond acceptors (Lipinski definition) is 3. The van der Waals surface area contributed by atoms with Crippen molar-refractivity contribution in [1.82, 2.24) is 14.6 Å². The minimum Gasteiger partial charge on any atom is -0.356 e. The molecule has 0 unspecified atom stereocenters. The van der Waals surface area contributed by atoms with Crippen LogP contribution in [0.15, 0.2) is 66.7 Å². The number of aromatic nitrogens is 3. The van der Waals surface area contributed by atoms with Crippen molar-refractivity contribution in [2.75, 3.05) is 18.0 Å². The lowest BCUT2D eigenvalue weighted by Crippen LogP contribution is -2.31. The zero-order valence-electron chi connectivity index (χ0n) is 16.2. The minimum absolute atomic E-state index is 0.900. The van der Waals surface area contributed by atoms with E-state index in [9.17, 15) is 0 Å². The molecule has 0 atom stereocenters. The van der Waals surface area contributed by atoms with Crippen molar-refractivity contribution in [3.63, 3.8) is 0 Å². The second kappa shape index (κ2) is 7.12. The number of piperidine rings is 1. The van der Waals surface area contributed by atoms with Crippen LogP contribution < -0.4 is 4.90 Å². The predicted octanol–water partition coefficient (Wildman–Crippen LogP) is 5.36. The summed E-state index contributed by atoms with van der Waals surface area (Å²) in [7, 11) is 0. The van der Waals surface area contributed by atoms with Gasteiger partial charge in [0.05, 0.1) is 11.4 Å². The van der Waals surface area contributed by atoms with Gasteiger partial charge < -0.3 is 4.90 Å². The van der Waals surface area contributed by atoms with Gasteiger partial charge in [-0.25, -0.2) is 4.98 Å². The quantitative estimate of drug-likeness (QED) is 0.488. The van der Waals surface area contributed by atoms with Crippen LogP contribution in [0.2, 0.25) is 0 Å². The van der Waals surface area contributed by atoms with Gasteiger partial charge in [-0.15, -0.1) is 0 Å². The van der Waals surface area contributed by atoms with Crippen molar-refractivity contribution < 1.29 is 0 Å². The molecule has 0 aliphatic carbocycles. The van der Waals surface area contributed by atoms with Crippen LogP contribution in [0.5, 0.6) is 0 Å². The molecule has 1 fully saturated rings. The molecule has 0 amide bonds. The van der Waals surface area contributed by atoms with Crippen LogP contribution >= 0.6 is 0 Å². The fourth-order valence-corrected chi connectivity index (χ4v) is 3.93. The van der Waals surface area contributed by atoms with Gasteiger partial charge in [-0.1, -0.05) is 60.2 Å². The molecule has 5 rings (SSSR count). The first-order valence-corrected chi connectivity index (χ1v) is 10.1. The summed E-state index contributed by atoms with van der Waals surface area (Å²) >= 11 is 0. The Hall–Kier alpha value is -3.14. The van der Waals surface area contributed by atoms with Gasteiger partial charge in [0.2, 0.25) is 0 Å². The van der Waals surface area contributed by atoms with Crippen molar-refractivity contribution in [2.24, 2.45) is 0 Å². The molecule has 140 valence electrons. The summed E-state index contributed by atoms with van der Waals surface area (Å²) in [4.78, 5) is 7.39. The third-order valence-electron chi connectivity index (χ3n) is 5.51. The van der Waals surface area contributed by atoms with Gasteiger partial charge in [-0.3, -0.25) is 0 Å². The molecule has 3 heterocycles. The summed E-state index contributed by atoms with van der Waals surface area (Å²) in [5.74, 6) is 1.14. The molecule has 0 N–H and O–H groups in total. The van der Waals surface area contributed by atoms with Gasteiger partial charge in [-0.2, -0.15) is 9.61 Å². The van der Waals surface area contributed by atoms with E-state index in [1.165, 1.54) is 24.8 Å². The van der Waals surface area contributed by atoms with Crippen molar-refractivity contribution in [3.8, 4) is 22.5 Å². The van der Waals surface area contributed by atoms with Gasteiger partial charge in [-0.05, 0) is 26.2 Å². The van der Waals surface area contributed by atoms with E-state index in [1.54, 1.807) is 0 Å². The fourth-order valence-electron chi connectivity index (χ4n) is 3.93. The summed E-state index contributed by atoms with van der Waals surface area (Å²) in [5, 5.41) is 4.94. The number of anilines is 1. The van der Waals surface area contributed by atoms with Crippen LogP contribution in [0.3, 0.4) is 0 Å². The number of nitrogens with zero attached hydrogens (tertiary/aromatic N) is 4. The molecule has 4 nitrogen and oxygen atoms in total. The Bertz CT molecular complexity index is 1090. The Balaban J connectivity index is 1.68. The normalized spacial score (nSPS) is 14.5. The highest BCUT2D eigenvalue weighted by molar-refractivity contribution is 5.71. The van der Waals surface area contributed by atoms with Crippen LogP contribution in [0.4, 0.5) is 5.82 Å². The first-order valence-electron chi connectivity index (χ1n) is 10.1. The third kappa shape index (κ3) is 3.15. The monoisotopic (exact) mass is 368 g/mol. The van der Waals surface area contributed by atoms with E-state index in [4.69, 9.17) is 10.1 Å². The summed E-state index contributed by atoms with van der Waals surface area (Å²) in [6.45, 7) is 4.26. The number of fused-ring (bicyclic) bond motifs is 1. The Morgan fingerprint density at radius 2 is 1.46 bits per heavy atom. The van der Waals surface area contributed by atoms with Crippen molar-refractivity contribution in [1.29, 1.82) is 0 Å². The van der Waals surface area contributed by atoms with Gasteiger partial charge in [0.25, 0.3) is 0 Å². The zero-order valence-corrected chi connectivity index (χ0v) is 16.2. The van der Waals surface area contributed by atoms with Gasteiger partial charge in [0.1, 0.15) is 5.82 Å². The first-order chi connectivity index (χ1) is 13.8. The Labute approximate surface area is 165 Å². The standard InChI is InChI=1S/C24H24N4/c1-18-10-12-20(13-11-18)22-16-23-25-21(19-8-4-2-5-9-19)17-24(28(23)26-22)27-14-6-3-7-15-27/h2,4-5,8-13,16-17H,3,6-7,14-15H2,1H3. The summed E-state index contributed by atoms with van der Waals surface area (Å²) in [5.41, 5.74) is 6.40. The molecule has 1 aliphatic rings. The maximum absolute atomic E-state index is 4.94. The van der Waals surface area contributed by atoms with E-state index in [0.29, 0.717) is 0 Å². The molecule has 1 aliphatic heterocycles. The van der Waals surface area contributed by atoms with E-state index >= 15 is 0 Å². The average Bonchev–Trinajstić information content (AvgIpc) is 3.19. The molecule has 2 aromatic carbocycles. The van der Waals surface area contributed by atoms with Gasteiger partial charge >= 0.3 is 0 Å². The lowest BCUT2D eigenvalue weighted by Gasteiger charge is -2.29. The van der Waals surface area contributed by atoms with E-state index < -0.39 is 0 Å². The average molecular weight is 368 g/mol. The zero-order chi connectivity index (χ0) is 18.9. The van der Waals surface area contributed by atoms with Gasteiger partial charge in [0, 0.05) is 36.3 Å². The largest absolute Gasteiger partial charge is 0.356 e. The smallest absolute Gasteiger partial charge is 0.158 e. The van der Waals surface area contributed by atoms with Crippen LogP contribution in [0.25, 0.3) is 28.2 Å². The molecule has 4 heteroatoms. The van der Waals surface area contributed by atoms with Crippen LogP contribution in [0.1, 0.15) is 24.8 Å². The topological polar surface area (TPSA) is 33.4 Å². The van der Waals surface area contributed by atoms with Crippen LogP contribution in [0, 0.1) is 6.92 Å². The van der Waals surface area contributed by atoms with E-state index in [-0.39, 0.29) is 0 Å². The number of aryl methyl sites for hydroxylation is 1. The predicted molar refractivity (Wildman–Crippen MR) is 115 cm³/mol. The van der Waals surface area contributed by atoms with E-state index in [2.05, 4.69) is 72.5 Å². The second-order valence-corrected chi connectivity index (χ2v) is 7.58. The maximum atomic E-state index is 4.94. The third-order valence-corrected chi connectivity index (χ3v) is 5.51. The van der Waals surface area contributed by atoms with Gasteiger partial charge in [0.15, 0.2) is 5.65 Å². The SMILES string of the molecule is Cc1ccc(-c2cc3nc(-c4ccccc4)cc(N4CCCCC4)n3n2)cc1. The molecule has 0 spiro atoms. The van der Waals surface area contributed by atoms with Crippen molar-refractivity contribution in [3.05, 3.63) is 72.3 Å². The Kier molecular flexibility index (Phi) is 4.32. The minimum atomic E-state index is 0.900. The lowest BCUT2D eigenvalue weighted by atomic mass is 10.1. The Morgan fingerprint density at radius 3 is 2.21 bits per heavy atom. The first kappa shape index (κ1) is 17.0. The summed E-state index contributed by atoms with van der Waals surface area (Å²) in [6.07, 6.45) is 3.77. The maximum Gasteiger partial charge on any atom is 0.158 e. The number of rotatable bonds is 3. The van der Waals surface area contributed by atoms with Crippen LogP contribution in [-0.2, 0) is 0 Å². The highest BCUT2D eigenvalue weighted by Crippen LogP contribution is 2.29. The Morgan fingerprint density at radius 1 is 0.750 bits per heavy atom. The molecular weight excluding hydrogens is 344 g/mol. The second-order valence-electron chi connectivity index (χ2n) is 7.58. The molecule has 1 saturated heterocycles. The van der Waals surface area contributed by atoms with Crippen molar-refractivity contribution in [2.45, 2.75) is 26.2 Å². The highest BCUT2D eigenvalue weighted by atomic mass is 15.3. The molecule has 2 aromatic heterocycles. The molecule has 4 aromatic rings. The number of benzene rings is 2. The van der Waals surface area contributed by atoms with E-state index in [1.807, 2.05) is 10.6 Å². The molecule has 0 radical (unpaired) electrons. The number of hydrogen-bond donors (Lipinski definition) is 0. The van der Waals surface area contributed by atoms with E-state index in [0.717, 1.165) is 47.1 Å². The summed E-state index contributed by atoms with van der Waals surface area (Å²) < 4.78 is 2.02. The molecule has 28 heavy (non-hydrogen) atoms. The molecule has 0 saturated carbocycles. The molecule has 0 bridgehead atoms. The summed E-state index contributed by atoms with van der Waals surface area (Å²) in [6, 6.07) is 23.2. The fraction of sp³-hybridized carbons (Fsp3) is 0.250. The van der Waals surface area contributed by atoms with Crippen molar-refractivity contribution >= 4 is 11.5 Å². The lowest BCUT2D eigenvalue weighted by molar-refractivity contribution is 0.568. The highest BCUT2D eigenvalue weighted by Gasteiger charge is 2.18.